The van der Waals surface area contributed by atoms with Crippen molar-refractivity contribution in [1.82, 2.24) is 0 Å². The van der Waals surface area contributed by atoms with Crippen molar-refractivity contribution in [3.8, 4) is 0 Å². The Morgan fingerprint density at radius 2 is 0.846 bits per heavy atom. The molecule has 2 heterocycles. The summed E-state index contributed by atoms with van der Waals surface area (Å²) in [6.07, 6.45) is 0. The normalized spacial score (nSPS) is 6.46. The van der Waals surface area contributed by atoms with Crippen molar-refractivity contribution in [1.29, 1.82) is 0 Å². The van der Waals surface area contributed by atoms with Crippen LogP contribution in [0.1, 0.15) is 0 Å². The summed E-state index contributed by atoms with van der Waals surface area (Å²) < 4.78 is 0. The standard InChI is InChI=1S/2C4H4S.C2H4.Co/c2*1-2-4-5-3-1;1-2;/h2*1-4H;1-2H2;. The Kier molecular flexibility index (Phi) is 16.5. The zero-order chi connectivity index (χ0) is 9.07. The van der Waals surface area contributed by atoms with Gasteiger partial charge in [0, 0.05) is 16.8 Å². The Morgan fingerprint density at radius 3 is 0.923 bits per heavy atom. The van der Waals surface area contributed by atoms with E-state index in [0.29, 0.717) is 0 Å². The summed E-state index contributed by atoms with van der Waals surface area (Å²) in [6.45, 7) is 6.00. The number of thiophene rings is 2. The zero-order valence-electron chi connectivity index (χ0n) is 7.18. The summed E-state index contributed by atoms with van der Waals surface area (Å²) in [5.41, 5.74) is 0. The molecule has 0 N–H and O–H groups in total. The van der Waals surface area contributed by atoms with Crippen molar-refractivity contribution in [3.63, 3.8) is 0 Å². The van der Waals surface area contributed by atoms with Gasteiger partial charge >= 0.3 is 0 Å². The van der Waals surface area contributed by atoms with Crippen molar-refractivity contribution in [2.24, 2.45) is 0 Å². The van der Waals surface area contributed by atoms with Gasteiger partial charge in [0.15, 0.2) is 0 Å². The van der Waals surface area contributed by atoms with Gasteiger partial charge in [0.05, 0.1) is 0 Å². The Labute approximate surface area is 98.1 Å². The van der Waals surface area contributed by atoms with Gasteiger partial charge in [-0.05, 0) is 21.5 Å². The van der Waals surface area contributed by atoms with Crippen LogP contribution in [0.25, 0.3) is 0 Å². The zero-order valence-corrected chi connectivity index (χ0v) is 9.86. The molecule has 0 atom stereocenters. The third-order valence-electron chi connectivity index (χ3n) is 0.851. The summed E-state index contributed by atoms with van der Waals surface area (Å²) in [5, 5.41) is 8.17. The largest absolute Gasteiger partial charge is 0.152 e. The molecule has 3 heteroatoms. The second-order valence-corrected chi connectivity index (χ2v) is 3.22. The van der Waals surface area contributed by atoms with E-state index in [9.17, 15) is 0 Å². The Morgan fingerprint density at radius 1 is 0.615 bits per heavy atom. The van der Waals surface area contributed by atoms with Gasteiger partial charge in [-0.1, -0.05) is 24.3 Å². The molecule has 0 aromatic carbocycles. The van der Waals surface area contributed by atoms with E-state index in [2.05, 4.69) is 13.2 Å². The minimum atomic E-state index is 0. The van der Waals surface area contributed by atoms with Crippen LogP contribution in [0.4, 0.5) is 0 Å². The van der Waals surface area contributed by atoms with Crippen molar-refractivity contribution >= 4 is 22.7 Å². The van der Waals surface area contributed by atoms with Gasteiger partial charge in [-0.25, -0.2) is 0 Å². The molecule has 2 aromatic heterocycles. The number of hydrogen-bond acceptors (Lipinski definition) is 2. The van der Waals surface area contributed by atoms with E-state index >= 15 is 0 Å². The molecule has 0 spiro atoms. The minimum absolute atomic E-state index is 0. The van der Waals surface area contributed by atoms with Crippen LogP contribution in [0.3, 0.4) is 0 Å². The molecule has 2 aromatic rings. The van der Waals surface area contributed by atoms with E-state index < -0.39 is 0 Å². The molecule has 0 aliphatic rings. The van der Waals surface area contributed by atoms with Gasteiger partial charge in [-0.3, -0.25) is 0 Å². The second-order valence-electron chi connectivity index (χ2n) is 1.59. The van der Waals surface area contributed by atoms with Crippen molar-refractivity contribution in [2.45, 2.75) is 0 Å². The monoisotopic (exact) mass is 255 g/mol. The first-order valence-electron chi connectivity index (χ1n) is 3.44. The first kappa shape index (κ1) is 15.1. The van der Waals surface area contributed by atoms with Crippen LogP contribution >= 0.6 is 22.7 Å². The fraction of sp³-hybridized carbons (Fsp3) is 0. The molecule has 13 heavy (non-hydrogen) atoms. The van der Waals surface area contributed by atoms with E-state index in [1.165, 1.54) is 0 Å². The van der Waals surface area contributed by atoms with Crippen molar-refractivity contribution < 1.29 is 16.8 Å². The molecule has 0 aliphatic carbocycles. The summed E-state index contributed by atoms with van der Waals surface area (Å²) >= 11 is 3.43. The second kappa shape index (κ2) is 14.2. The molecule has 0 bridgehead atoms. The third kappa shape index (κ3) is 11.6. The predicted octanol–water partition coefficient (Wildman–Crippen LogP) is 4.30. The Hall–Kier alpha value is -0.354. The Balaban J connectivity index is 0. The Bertz CT molecular complexity index is 165. The van der Waals surface area contributed by atoms with Gasteiger partial charge in [0.25, 0.3) is 0 Å². The maximum atomic E-state index is 3.00. The number of rotatable bonds is 0. The summed E-state index contributed by atoms with van der Waals surface area (Å²) in [5.74, 6) is 0. The molecule has 1 radical (unpaired) electrons. The van der Waals surface area contributed by atoms with Gasteiger partial charge in [0.2, 0.25) is 0 Å². The summed E-state index contributed by atoms with van der Waals surface area (Å²) in [4.78, 5) is 0. The average molecular weight is 255 g/mol. The molecule has 0 saturated carbocycles. The van der Waals surface area contributed by atoms with Crippen LogP contribution in [0.5, 0.6) is 0 Å². The molecule has 0 nitrogen and oxygen atoms in total. The smallest absolute Gasteiger partial charge is 0 e. The maximum absolute atomic E-state index is 3.00. The van der Waals surface area contributed by atoms with Crippen LogP contribution in [-0.2, 0) is 16.8 Å². The van der Waals surface area contributed by atoms with E-state index in [0.717, 1.165) is 0 Å². The van der Waals surface area contributed by atoms with E-state index in [1.54, 1.807) is 22.7 Å². The first-order valence-corrected chi connectivity index (χ1v) is 5.33. The molecule has 73 valence electrons. The number of hydrogen-bond donors (Lipinski definition) is 0. The van der Waals surface area contributed by atoms with E-state index in [1.807, 2.05) is 45.8 Å². The maximum Gasteiger partial charge on any atom is 0 e. The van der Waals surface area contributed by atoms with E-state index in [4.69, 9.17) is 0 Å². The third-order valence-corrected chi connectivity index (χ3v) is 2.11. The van der Waals surface area contributed by atoms with Gasteiger partial charge < -0.3 is 0 Å². The van der Waals surface area contributed by atoms with Gasteiger partial charge in [-0.15, -0.1) is 13.2 Å². The van der Waals surface area contributed by atoms with Crippen LogP contribution in [0.15, 0.2) is 58.9 Å². The molecular weight excluding hydrogens is 243 g/mol. The van der Waals surface area contributed by atoms with Crippen LogP contribution in [0.2, 0.25) is 0 Å². The van der Waals surface area contributed by atoms with Crippen molar-refractivity contribution in [3.05, 3.63) is 58.9 Å². The predicted molar refractivity (Wildman–Crippen MR) is 59.9 cm³/mol. The van der Waals surface area contributed by atoms with Crippen LogP contribution in [-0.4, -0.2) is 0 Å². The molecule has 0 aliphatic heterocycles. The van der Waals surface area contributed by atoms with Crippen LogP contribution < -0.4 is 0 Å². The fourth-order valence-electron chi connectivity index (χ4n) is 0.454. The fourth-order valence-corrected chi connectivity index (χ4v) is 1.36. The van der Waals surface area contributed by atoms with Gasteiger partial charge in [0.1, 0.15) is 0 Å². The van der Waals surface area contributed by atoms with Gasteiger partial charge in [-0.2, -0.15) is 22.7 Å². The topological polar surface area (TPSA) is 0 Å². The SMILES string of the molecule is C=C.[Co].c1ccsc1.c1ccsc1. The molecule has 0 saturated heterocycles. The molecule has 0 amide bonds. The minimum Gasteiger partial charge on any atom is -0.152 e. The quantitative estimate of drug-likeness (QED) is 0.616. The average Bonchev–Trinajstić information content (AvgIpc) is 2.87. The molecular formula is C10H12CoS2. The summed E-state index contributed by atoms with van der Waals surface area (Å²) in [7, 11) is 0. The molecule has 0 fully saturated rings. The van der Waals surface area contributed by atoms with Crippen LogP contribution in [0, 0.1) is 0 Å². The molecule has 2 rings (SSSR count). The summed E-state index contributed by atoms with van der Waals surface area (Å²) in [6, 6.07) is 8.07. The molecule has 0 unspecified atom stereocenters. The first-order chi connectivity index (χ1) is 6.00. The van der Waals surface area contributed by atoms with Crippen molar-refractivity contribution in [2.75, 3.05) is 0 Å². The van der Waals surface area contributed by atoms with E-state index in [-0.39, 0.29) is 16.8 Å².